The number of hydrogen-bond acceptors (Lipinski definition) is 1. The van der Waals surface area contributed by atoms with Crippen LogP contribution < -0.4 is 5.32 Å². The van der Waals surface area contributed by atoms with Gasteiger partial charge in [-0.3, -0.25) is 4.79 Å². The largest absolute Gasteiger partial charge is 0.471 e. The summed E-state index contributed by atoms with van der Waals surface area (Å²) in [6, 6.07) is 1.33. The maximum absolute atomic E-state index is 13.4. The summed E-state index contributed by atoms with van der Waals surface area (Å²) in [4.78, 5) is 10.8. The van der Waals surface area contributed by atoms with E-state index in [1.807, 2.05) is 0 Å². The molecule has 0 aliphatic heterocycles. The number of rotatable bonds is 3. The van der Waals surface area contributed by atoms with Crippen LogP contribution in [0.2, 0.25) is 0 Å². The van der Waals surface area contributed by atoms with E-state index in [1.165, 1.54) is 6.92 Å². The van der Waals surface area contributed by atoms with Crippen LogP contribution in [0.1, 0.15) is 24.9 Å². The van der Waals surface area contributed by atoms with Gasteiger partial charge in [0, 0.05) is 11.6 Å². The Balaban J connectivity index is 2.93. The predicted molar refractivity (Wildman–Crippen MR) is 53.6 cm³/mol. The molecule has 1 N–H and O–H groups in total. The summed E-state index contributed by atoms with van der Waals surface area (Å²) < 4.78 is 62.2. The van der Waals surface area contributed by atoms with Gasteiger partial charge in [-0.1, -0.05) is 13.0 Å². The van der Waals surface area contributed by atoms with Gasteiger partial charge in [-0.2, -0.15) is 13.2 Å². The standard InChI is InChI=1S/C11H10F5NO/c1-2-9(17-10(18)11(14,15)16)7-4-3-6(12)5-8(7)13/h3-5,9H,2H2,1H3,(H,17,18). The van der Waals surface area contributed by atoms with E-state index in [2.05, 4.69) is 0 Å². The lowest BCUT2D eigenvalue weighted by Gasteiger charge is -2.19. The smallest absolute Gasteiger partial charge is 0.341 e. The number of hydrogen-bond donors (Lipinski definition) is 1. The molecule has 0 bridgehead atoms. The van der Waals surface area contributed by atoms with Crippen LogP contribution in [0.4, 0.5) is 22.0 Å². The molecule has 1 unspecified atom stereocenters. The fourth-order valence-electron chi connectivity index (χ4n) is 1.42. The van der Waals surface area contributed by atoms with Crippen molar-refractivity contribution in [2.45, 2.75) is 25.6 Å². The first-order valence-corrected chi connectivity index (χ1v) is 5.08. The molecule has 1 amide bonds. The minimum absolute atomic E-state index is 0.0460. The number of alkyl halides is 3. The van der Waals surface area contributed by atoms with E-state index < -0.39 is 29.8 Å². The van der Waals surface area contributed by atoms with Crippen LogP contribution in [0.25, 0.3) is 0 Å². The maximum Gasteiger partial charge on any atom is 0.471 e. The third-order valence-corrected chi connectivity index (χ3v) is 2.31. The van der Waals surface area contributed by atoms with E-state index in [4.69, 9.17) is 0 Å². The monoisotopic (exact) mass is 267 g/mol. The molecule has 7 heteroatoms. The summed E-state index contributed by atoms with van der Waals surface area (Å²) in [6.45, 7) is 1.48. The predicted octanol–water partition coefficient (Wildman–Crippen LogP) is 3.09. The molecule has 2 nitrogen and oxygen atoms in total. The molecule has 1 atom stereocenters. The first-order chi connectivity index (χ1) is 8.25. The zero-order valence-corrected chi connectivity index (χ0v) is 9.31. The fourth-order valence-corrected chi connectivity index (χ4v) is 1.42. The lowest BCUT2D eigenvalue weighted by Crippen LogP contribution is -2.39. The SMILES string of the molecule is CCC(NC(=O)C(F)(F)F)c1ccc(F)cc1F. The van der Waals surface area contributed by atoms with Gasteiger partial charge in [-0.15, -0.1) is 0 Å². The molecule has 0 aliphatic carbocycles. The summed E-state index contributed by atoms with van der Waals surface area (Å²) in [5.41, 5.74) is -0.184. The van der Waals surface area contributed by atoms with E-state index >= 15 is 0 Å². The Labute approximate surface area is 99.8 Å². The highest BCUT2D eigenvalue weighted by Gasteiger charge is 2.39. The van der Waals surface area contributed by atoms with Crippen LogP contribution in [-0.4, -0.2) is 12.1 Å². The average molecular weight is 267 g/mol. The van der Waals surface area contributed by atoms with Crippen molar-refractivity contribution >= 4 is 5.91 Å². The number of amides is 1. The van der Waals surface area contributed by atoms with Crippen molar-refractivity contribution in [3.8, 4) is 0 Å². The van der Waals surface area contributed by atoms with E-state index in [9.17, 15) is 26.7 Å². The third-order valence-electron chi connectivity index (χ3n) is 2.31. The Morgan fingerprint density at radius 1 is 1.33 bits per heavy atom. The molecule has 0 fully saturated rings. The summed E-state index contributed by atoms with van der Waals surface area (Å²) in [6.07, 6.45) is -4.99. The van der Waals surface area contributed by atoms with Gasteiger partial charge in [0.05, 0.1) is 6.04 Å². The van der Waals surface area contributed by atoms with Crippen LogP contribution in [-0.2, 0) is 4.79 Å². The summed E-state index contributed by atoms with van der Waals surface area (Å²) in [5, 5.41) is 1.66. The quantitative estimate of drug-likeness (QED) is 0.838. The second-order valence-electron chi connectivity index (χ2n) is 3.60. The van der Waals surface area contributed by atoms with Gasteiger partial charge in [-0.25, -0.2) is 8.78 Å². The summed E-state index contributed by atoms with van der Waals surface area (Å²) >= 11 is 0. The third kappa shape index (κ3) is 3.41. The Morgan fingerprint density at radius 3 is 2.39 bits per heavy atom. The molecular weight excluding hydrogens is 257 g/mol. The average Bonchev–Trinajstić information content (AvgIpc) is 2.25. The minimum Gasteiger partial charge on any atom is -0.341 e. The van der Waals surface area contributed by atoms with Crippen LogP contribution in [0.15, 0.2) is 18.2 Å². The van der Waals surface area contributed by atoms with Gasteiger partial charge in [0.15, 0.2) is 0 Å². The molecule has 1 rings (SSSR count). The molecule has 0 spiro atoms. The Morgan fingerprint density at radius 2 is 1.94 bits per heavy atom. The molecule has 0 aromatic heterocycles. The molecular formula is C11H10F5NO. The van der Waals surface area contributed by atoms with Crippen LogP contribution in [0.3, 0.4) is 0 Å². The van der Waals surface area contributed by atoms with Gasteiger partial charge in [0.2, 0.25) is 0 Å². The molecule has 0 aliphatic rings. The molecule has 1 aromatic carbocycles. The van der Waals surface area contributed by atoms with Gasteiger partial charge < -0.3 is 5.32 Å². The Hall–Kier alpha value is -1.66. The van der Waals surface area contributed by atoms with Crippen LogP contribution in [0.5, 0.6) is 0 Å². The van der Waals surface area contributed by atoms with Crippen molar-refractivity contribution < 1.29 is 26.7 Å². The molecule has 0 saturated heterocycles. The van der Waals surface area contributed by atoms with E-state index in [0.717, 1.165) is 12.1 Å². The maximum atomic E-state index is 13.4. The van der Waals surface area contributed by atoms with Crippen molar-refractivity contribution in [1.82, 2.24) is 5.32 Å². The number of benzene rings is 1. The molecule has 18 heavy (non-hydrogen) atoms. The molecule has 100 valence electrons. The fraction of sp³-hybridized carbons (Fsp3) is 0.364. The molecule has 0 radical (unpaired) electrons. The second-order valence-corrected chi connectivity index (χ2v) is 3.60. The van der Waals surface area contributed by atoms with Gasteiger partial charge in [0.1, 0.15) is 11.6 Å². The first-order valence-electron chi connectivity index (χ1n) is 5.08. The normalized spacial score (nSPS) is 13.2. The summed E-state index contributed by atoms with van der Waals surface area (Å²) in [5.74, 6) is -3.99. The van der Waals surface area contributed by atoms with E-state index in [-0.39, 0.29) is 12.0 Å². The number of halogens is 5. The van der Waals surface area contributed by atoms with Crippen molar-refractivity contribution in [1.29, 1.82) is 0 Å². The summed E-state index contributed by atoms with van der Waals surface area (Å²) in [7, 11) is 0. The molecule has 0 saturated carbocycles. The number of carbonyl (C=O) groups is 1. The van der Waals surface area contributed by atoms with Crippen molar-refractivity contribution in [2.24, 2.45) is 0 Å². The van der Waals surface area contributed by atoms with Gasteiger partial charge in [0.25, 0.3) is 0 Å². The Kier molecular flexibility index (Phi) is 4.26. The highest BCUT2D eigenvalue weighted by Crippen LogP contribution is 2.23. The molecule has 0 heterocycles. The highest BCUT2D eigenvalue weighted by molar-refractivity contribution is 5.82. The zero-order valence-electron chi connectivity index (χ0n) is 9.31. The zero-order chi connectivity index (χ0) is 13.9. The van der Waals surface area contributed by atoms with E-state index in [0.29, 0.717) is 6.07 Å². The van der Waals surface area contributed by atoms with Crippen molar-refractivity contribution in [3.05, 3.63) is 35.4 Å². The number of carbonyl (C=O) groups excluding carboxylic acids is 1. The van der Waals surface area contributed by atoms with Crippen LogP contribution >= 0.6 is 0 Å². The van der Waals surface area contributed by atoms with Crippen molar-refractivity contribution in [2.75, 3.05) is 0 Å². The lowest BCUT2D eigenvalue weighted by atomic mass is 10.0. The number of nitrogens with one attached hydrogen (secondary N) is 1. The topological polar surface area (TPSA) is 29.1 Å². The van der Waals surface area contributed by atoms with E-state index in [1.54, 1.807) is 5.32 Å². The Bertz CT molecular complexity index is 444. The van der Waals surface area contributed by atoms with Gasteiger partial charge >= 0.3 is 12.1 Å². The lowest BCUT2D eigenvalue weighted by molar-refractivity contribution is -0.174. The highest BCUT2D eigenvalue weighted by atomic mass is 19.4. The van der Waals surface area contributed by atoms with Gasteiger partial charge in [-0.05, 0) is 12.5 Å². The molecule has 1 aromatic rings. The first kappa shape index (κ1) is 14.4. The van der Waals surface area contributed by atoms with Crippen LogP contribution in [0, 0.1) is 11.6 Å². The second kappa shape index (κ2) is 5.32. The minimum atomic E-state index is -5.04. The van der Waals surface area contributed by atoms with Crippen molar-refractivity contribution in [3.63, 3.8) is 0 Å².